The molecular weight excluding hydrogens is 356 g/mol. The molecule has 6 heteroatoms. The third-order valence-electron chi connectivity index (χ3n) is 4.60. The average Bonchev–Trinajstić information content (AvgIpc) is 3.37. The summed E-state index contributed by atoms with van der Waals surface area (Å²) in [6.07, 6.45) is 6.18. The number of imidazole rings is 1. The first kappa shape index (κ1) is 15.8. The van der Waals surface area contributed by atoms with Crippen LogP contribution in [0.2, 0.25) is 0 Å². The number of nitrogens with zero attached hydrogens (tertiary/aromatic N) is 2. The summed E-state index contributed by atoms with van der Waals surface area (Å²) >= 11 is 1.59. The average molecular weight is 372 g/mol. The SMILES string of the molecule is O=C(Cc1c[nH]c2ccccc12)Nc1ccccc1-c1cn2ccsc2n1. The molecule has 1 amide bonds. The highest BCUT2D eigenvalue weighted by Gasteiger charge is 2.13. The lowest BCUT2D eigenvalue weighted by atomic mass is 10.1. The second-order valence-electron chi connectivity index (χ2n) is 6.35. The van der Waals surface area contributed by atoms with Crippen LogP contribution in [0.3, 0.4) is 0 Å². The molecule has 5 nitrogen and oxygen atoms in total. The molecule has 5 aromatic rings. The fourth-order valence-electron chi connectivity index (χ4n) is 3.32. The normalized spacial score (nSPS) is 11.3. The number of carbonyl (C=O) groups excluding carboxylic acids is 1. The van der Waals surface area contributed by atoms with Crippen LogP contribution in [-0.4, -0.2) is 20.3 Å². The van der Waals surface area contributed by atoms with E-state index in [1.165, 1.54) is 0 Å². The van der Waals surface area contributed by atoms with Crippen LogP contribution in [0.15, 0.2) is 72.5 Å². The summed E-state index contributed by atoms with van der Waals surface area (Å²) in [7, 11) is 0. The van der Waals surface area contributed by atoms with E-state index in [0.29, 0.717) is 6.42 Å². The smallest absolute Gasteiger partial charge is 0.228 e. The molecule has 0 aliphatic carbocycles. The van der Waals surface area contributed by atoms with Gasteiger partial charge in [0.25, 0.3) is 0 Å². The molecule has 2 aromatic carbocycles. The second kappa shape index (κ2) is 6.41. The molecule has 0 bridgehead atoms. The minimum absolute atomic E-state index is 0.0479. The van der Waals surface area contributed by atoms with E-state index >= 15 is 0 Å². The number of carbonyl (C=O) groups is 1. The number of amides is 1. The number of fused-ring (bicyclic) bond motifs is 2. The molecular formula is C21H16N4OS. The van der Waals surface area contributed by atoms with E-state index in [2.05, 4.69) is 15.3 Å². The lowest BCUT2D eigenvalue weighted by Crippen LogP contribution is -2.14. The lowest BCUT2D eigenvalue weighted by Gasteiger charge is -2.09. The van der Waals surface area contributed by atoms with Crippen molar-refractivity contribution in [2.75, 3.05) is 5.32 Å². The Hall–Kier alpha value is -3.38. The van der Waals surface area contributed by atoms with Gasteiger partial charge in [0.2, 0.25) is 5.91 Å². The van der Waals surface area contributed by atoms with Crippen LogP contribution < -0.4 is 5.32 Å². The molecule has 0 saturated heterocycles. The van der Waals surface area contributed by atoms with Gasteiger partial charge >= 0.3 is 0 Å². The van der Waals surface area contributed by atoms with E-state index in [4.69, 9.17) is 0 Å². The van der Waals surface area contributed by atoms with Gasteiger partial charge in [0, 0.05) is 40.4 Å². The molecule has 0 spiro atoms. The zero-order valence-corrected chi connectivity index (χ0v) is 15.2. The maximum absolute atomic E-state index is 12.7. The van der Waals surface area contributed by atoms with Gasteiger partial charge in [-0.15, -0.1) is 11.3 Å². The summed E-state index contributed by atoms with van der Waals surface area (Å²) in [5.74, 6) is -0.0479. The van der Waals surface area contributed by atoms with Crippen LogP contribution in [0, 0.1) is 0 Å². The van der Waals surface area contributed by atoms with Gasteiger partial charge in [0.05, 0.1) is 17.8 Å². The van der Waals surface area contributed by atoms with Crippen LogP contribution in [0.4, 0.5) is 5.69 Å². The van der Waals surface area contributed by atoms with Crippen molar-refractivity contribution in [2.45, 2.75) is 6.42 Å². The number of H-pyrrole nitrogens is 1. The van der Waals surface area contributed by atoms with Gasteiger partial charge in [-0.25, -0.2) is 4.98 Å². The summed E-state index contributed by atoms with van der Waals surface area (Å²) in [4.78, 5) is 21.5. The van der Waals surface area contributed by atoms with Crippen LogP contribution >= 0.6 is 11.3 Å². The van der Waals surface area contributed by atoms with Crippen molar-refractivity contribution in [1.29, 1.82) is 0 Å². The van der Waals surface area contributed by atoms with Crippen LogP contribution in [0.1, 0.15) is 5.56 Å². The zero-order valence-electron chi connectivity index (χ0n) is 14.3. The fourth-order valence-corrected chi connectivity index (χ4v) is 4.02. The Balaban J connectivity index is 1.42. The first-order valence-corrected chi connectivity index (χ1v) is 9.52. The Bertz CT molecular complexity index is 1230. The molecule has 3 heterocycles. The topological polar surface area (TPSA) is 62.2 Å². The van der Waals surface area contributed by atoms with Crippen molar-refractivity contribution in [2.24, 2.45) is 0 Å². The molecule has 0 atom stereocenters. The molecule has 27 heavy (non-hydrogen) atoms. The van der Waals surface area contributed by atoms with Gasteiger partial charge in [-0.05, 0) is 17.7 Å². The molecule has 0 unspecified atom stereocenters. The van der Waals surface area contributed by atoms with Gasteiger partial charge in [-0.1, -0.05) is 36.4 Å². The molecule has 2 N–H and O–H groups in total. The minimum atomic E-state index is -0.0479. The maximum atomic E-state index is 12.7. The van der Waals surface area contributed by atoms with Gasteiger partial charge in [-0.2, -0.15) is 0 Å². The van der Waals surface area contributed by atoms with Gasteiger partial charge in [0.15, 0.2) is 4.96 Å². The summed E-state index contributed by atoms with van der Waals surface area (Å²) in [5, 5.41) is 6.13. The summed E-state index contributed by atoms with van der Waals surface area (Å²) in [6.45, 7) is 0. The molecule has 0 aliphatic heterocycles. The number of anilines is 1. The third-order valence-corrected chi connectivity index (χ3v) is 5.37. The Labute approximate surface area is 159 Å². The third kappa shape index (κ3) is 2.90. The van der Waals surface area contributed by atoms with Crippen LogP contribution in [0.5, 0.6) is 0 Å². The summed E-state index contributed by atoms with van der Waals surface area (Å²) in [6, 6.07) is 15.8. The molecule has 3 aromatic heterocycles. The van der Waals surface area contributed by atoms with Crippen molar-refractivity contribution in [3.05, 3.63) is 78.1 Å². The Morgan fingerprint density at radius 3 is 2.93 bits per heavy atom. The maximum Gasteiger partial charge on any atom is 0.228 e. The summed E-state index contributed by atoms with van der Waals surface area (Å²) < 4.78 is 1.99. The van der Waals surface area contributed by atoms with E-state index in [-0.39, 0.29) is 5.91 Å². The molecule has 0 fully saturated rings. The summed E-state index contributed by atoms with van der Waals surface area (Å²) in [5.41, 5.74) is 4.57. The van der Waals surface area contributed by atoms with Gasteiger partial charge in [0.1, 0.15) is 0 Å². The standard InChI is InChI=1S/C21H16N4OS/c26-20(11-14-12-22-17-7-3-1-5-15(14)17)23-18-8-4-2-6-16(18)19-13-25-9-10-27-21(25)24-19/h1-10,12-13,22H,11H2,(H,23,26). The van der Waals surface area contributed by atoms with E-state index < -0.39 is 0 Å². The fraction of sp³-hybridized carbons (Fsp3) is 0.0476. The predicted molar refractivity (Wildman–Crippen MR) is 109 cm³/mol. The van der Waals surface area contributed by atoms with Crippen LogP contribution in [-0.2, 0) is 11.2 Å². The first-order chi connectivity index (χ1) is 13.3. The van der Waals surface area contributed by atoms with Crippen molar-refractivity contribution in [1.82, 2.24) is 14.4 Å². The number of thiazole rings is 1. The van der Waals surface area contributed by atoms with Gasteiger partial charge in [-0.3, -0.25) is 9.20 Å². The number of para-hydroxylation sites is 2. The number of aromatic nitrogens is 3. The number of rotatable bonds is 4. The zero-order chi connectivity index (χ0) is 18.2. The Kier molecular flexibility index (Phi) is 3.76. The quantitative estimate of drug-likeness (QED) is 0.479. The number of hydrogen-bond donors (Lipinski definition) is 2. The Morgan fingerprint density at radius 2 is 2.00 bits per heavy atom. The number of aromatic amines is 1. The highest BCUT2D eigenvalue weighted by Crippen LogP contribution is 2.29. The minimum Gasteiger partial charge on any atom is -0.361 e. The lowest BCUT2D eigenvalue weighted by molar-refractivity contribution is -0.115. The van der Waals surface area contributed by atoms with Gasteiger partial charge < -0.3 is 10.3 Å². The second-order valence-corrected chi connectivity index (χ2v) is 7.22. The highest BCUT2D eigenvalue weighted by molar-refractivity contribution is 7.15. The molecule has 0 saturated carbocycles. The molecule has 132 valence electrons. The van der Waals surface area contributed by atoms with E-state index in [9.17, 15) is 4.79 Å². The van der Waals surface area contributed by atoms with E-state index in [1.807, 2.05) is 76.9 Å². The van der Waals surface area contributed by atoms with Crippen molar-refractivity contribution < 1.29 is 4.79 Å². The highest BCUT2D eigenvalue weighted by atomic mass is 32.1. The van der Waals surface area contributed by atoms with E-state index in [0.717, 1.165) is 38.4 Å². The molecule has 0 aliphatic rings. The monoisotopic (exact) mass is 372 g/mol. The number of hydrogen-bond acceptors (Lipinski definition) is 3. The number of benzene rings is 2. The van der Waals surface area contributed by atoms with Crippen molar-refractivity contribution in [3.63, 3.8) is 0 Å². The largest absolute Gasteiger partial charge is 0.361 e. The Morgan fingerprint density at radius 1 is 1.15 bits per heavy atom. The number of nitrogens with one attached hydrogen (secondary N) is 2. The van der Waals surface area contributed by atoms with Crippen molar-refractivity contribution >= 4 is 38.8 Å². The van der Waals surface area contributed by atoms with E-state index in [1.54, 1.807) is 11.3 Å². The first-order valence-electron chi connectivity index (χ1n) is 8.64. The molecule has 5 rings (SSSR count). The predicted octanol–water partition coefficient (Wildman–Crippen LogP) is 4.73. The molecule has 0 radical (unpaired) electrons. The van der Waals surface area contributed by atoms with Crippen molar-refractivity contribution in [3.8, 4) is 11.3 Å². The van der Waals surface area contributed by atoms with Crippen LogP contribution in [0.25, 0.3) is 27.1 Å².